The van der Waals surface area contributed by atoms with E-state index in [1.165, 1.54) is 12.7 Å². The molecule has 14 nitrogen and oxygen atoms in total. The molecule has 1 saturated carbocycles. The zero-order chi connectivity index (χ0) is 29.1. The standard InChI is InChI=1S/C25H39N7O7/c1-24(2,3)38-22(36)13(31-23(37)39-25(4,5)6)8-9-16(33)30-14-10-15(19(35)18(14)34)32-12-29-17-20(26-7)27-11-28-21(17)32/h11-15,18-19,34-35H,8-10H2,1-7H3,(H,30,33)(H,31,37)(H,26,27,28)/t13-,14-,15+,18-,19+/m1/s1. The van der Waals surface area contributed by atoms with Crippen LogP contribution in [0.15, 0.2) is 12.7 Å². The lowest BCUT2D eigenvalue weighted by Gasteiger charge is -2.26. The van der Waals surface area contributed by atoms with Crippen molar-refractivity contribution in [1.82, 2.24) is 30.2 Å². The maximum Gasteiger partial charge on any atom is 0.408 e. The number of carbonyl (C=O) groups excluding carboxylic acids is 3. The fourth-order valence-electron chi connectivity index (χ4n) is 4.33. The minimum absolute atomic E-state index is 0.0648. The number of aliphatic hydroxyl groups excluding tert-OH is 2. The van der Waals surface area contributed by atoms with Crippen molar-refractivity contribution < 1.29 is 34.1 Å². The molecule has 0 saturated heterocycles. The SMILES string of the molecule is CNc1ncnc2c1ncn2[C@H]1C[C@@H](NC(=O)CC[C@@H](NC(=O)OC(C)(C)C)C(=O)OC(C)(C)C)[C@@H](O)[C@H]1O. The number of nitrogens with one attached hydrogen (secondary N) is 3. The molecule has 2 amide bonds. The number of anilines is 1. The van der Waals surface area contributed by atoms with E-state index >= 15 is 0 Å². The van der Waals surface area contributed by atoms with E-state index < -0.39 is 59.5 Å². The van der Waals surface area contributed by atoms with Gasteiger partial charge in [-0.05, 0) is 54.4 Å². The Labute approximate surface area is 226 Å². The first-order chi connectivity index (χ1) is 18.1. The predicted molar refractivity (Wildman–Crippen MR) is 141 cm³/mol. The van der Waals surface area contributed by atoms with Crippen molar-refractivity contribution >= 4 is 35.0 Å². The lowest BCUT2D eigenvalue weighted by molar-refractivity contribution is -0.157. The van der Waals surface area contributed by atoms with Gasteiger partial charge in [-0.25, -0.2) is 24.5 Å². The summed E-state index contributed by atoms with van der Waals surface area (Å²) in [6.07, 6.45) is -0.374. The third-order valence-electron chi connectivity index (χ3n) is 5.99. The fourth-order valence-corrected chi connectivity index (χ4v) is 4.33. The Morgan fingerprint density at radius 2 is 1.72 bits per heavy atom. The van der Waals surface area contributed by atoms with E-state index in [-0.39, 0.29) is 19.3 Å². The van der Waals surface area contributed by atoms with E-state index in [4.69, 9.17) is 9.47 Å². The Hall–Kier alpha value is -3.52. The molecule has 14 heteroatoms. The summed E-state index contributed by atoms with van der Waals surface area (Å²) >= 11 is 0. The van der Waals surface area contributed by atoms with Gasteiger partial charge >= 0.3 is 12.1 Å². The summed E-state index contributed by atoms with van der Waals surface area (Å²) in [6.45, 7) is 10.2. The van der Waals surface area contributed by atoms with Gasteiger partial charge in [0.15, 0.2) is 11.5 Å². The Morgan fingerprint density at radius 1 is 1.05 bits per heavy atom. The van der Waals surface area contributed by atoms with Gasteiger partial charge in [-0.15, -0.1) is 0 Å². The summed E-state index contributed by atoms with van der Waals surface area (Å²) in [4.78, 5) is 50.5. The fraction of sp³-hybridized carbons (Fsp3) is 0.680. The van der Waals surface area contributed by atoms with E-state index in [1.807, 2.05) is 0 Å². The molecule has 0 aliphatic heterocycles. The van der Waals surface area contributed by atoms with Crippen molar-refractivity contribution in [3.05, 3.63) is 12.7 Å². The van der Waals surface area contributed by atoms with Crippen molar-refractivity contribution in [1.29, 1.82) is 0 Å². The minimum atomic E-state index is -1.25. The molecule has 2 aromatic heterocycles. The number of aliphatic hydroxyl groups is 2. The number of hydrogen-bond acceptors (Lipinski definition) is 11. The third kappa shape index (κ3) is 7.76. The van der Waals surface area contributed by atoms with Crippen LogP contribution in [0.25, 0.3) is 11.2 Å². The number of rotatable bonds is 8. The number of carbonyl (C=O) groups is 3. The van der Waals surface area contributed by atoms with Gasteiger partial charge in [-0.2, -0.15) is 0 Å². The van der Waals surface area contributed by atoms with Crippen molar-refractivity contribution in [2.45, 2.75) is 102 Å². The maximum absolute atomic E-state index is 12.8. The van der Waals surface area contributed by atoms with Gasteiger partial charge in [0.25, 0.3) is 0 Å². The average molecular weight is 550 g/mol. The molecule has 2 aromatic rings. The first-order valence-corrected chi connectivity index (χ1v) is 12.8. The molecule has 0 unspecified atom stereocenters. The lowest BCUT2D eigenvalue weighted by atomic mass is 10.1. The molecule has 1 fully saturated rings. The van der Waals surface area contributed by atoms with Crippen LogP contribution in [0.3, 0.4) is 0 Å². The van der Waals surface area contributed by atoms with Crippen LogP contribution < -0.4 is 16.0 Å². The van der Waals surface area contributed by atoms with Crippen LogP contribution in [-0.2, 0) is 19.1 Å². The molecule has 1 aliphatic carbocycles. The predicted octanol–water partition coefficient (Wildman–Crippen LogP) is 1.03. The number of fused-ring (bicyclic) bond motifs is 1. The highest BCUT2D eigenvalue weighted by atomic mass is 16.6. The first kappa shape index (κ1) is 30.0. The molecule has 216 valence electrons. The molecule has 0 bridgehead atoms. The number of aromatic nitrogens is 4. The maximum atomic E-state index is 12.8. The molecule has 5 N–H and O–H groups in total. The molecule has 5 atom stereocenters. The molecule has 39 heavy (non-hydrogen) atoms. The van der Waals surface area contributed by atoms with Crippen LogP contribution in [0.4, 0.5) is 10.6 Å². The summed E-state index contributed by atoms with van der Waals surface area (Å²) in [6, 6.07) is -2.49. The number of esters is 1. The van der Waals surface area contributed by atoms with Crippen molar-refractivity contribution in [2.75, 3.05) is 12.4 Å². The second-order valence-corrected chi connectivity index (χ2v) is 11.5. The zero-order valence-corrected chi connectivity index (χ0v) is 23.4. The Kier molecular flexibility index (Phi) is 9.01. The number of alkyl carbamates (subject to hydrolysis) is 1. The first-order valence-electron chi connectivity index (χ1n) is 12.8. The molecule has 0 aromatic carbocycles. The number of ether oxygens (including phenoxy) is 2. The summed E-state index contributed by atoms with van der Waals surface area (Å²) in [7, 11) is 1.71. The second kappa shape index (κ2) is 11.7. The van der Waals surface area contributed by atoms with Crippen LogP contribution in [0, 0.1) is 0 Å². The highest BCUT2D eigenvalue weighted by Crippen LogP contribution is 2.33. The number of amides is 2. The Balaban J connectivity index is 1.65. The Bertz CT molecular complexity index is 1190. The van der Waals surface area contributed by atoms with Crippen LogP contribution in [0.1, 0.15) is 66.8 Å². The lowest BCUT2D eigenvalue weighted by Crippen LogP contribution is -2.47. The largest absolute Gasteiger partial charge is 0.458 e. The van der Waals surface area contributed by atoms with Gasteiger partial charge in [0.05, 0.1) is 18.4 Å². The molecule has 1 aliphatic rings. The quantitative estimate of drug-likeness (QED) is 0.296. The third-order valence-corrected chi connectivity index (χ3v) is 5.99. The summed E-state index contributed by atoms with van der Waals surface area (Å²) < 4.78 is 12.3. The average Bonchev–Trinajstić information content (AvgIpc) is 3.35. The summed E-state index contributed by atoms with van der Waals surface area (Å²) in [5.74, 6) is -0.648. The van der Waals surface area contributed by atoms with E-state index in [0.29, 0.717) is 17.0 Å². The molecular formula is C25H39N7O7. The normalized spacial score (nSPS) is 22.3. The van der Waals surface area contributed by atoms with Gasteiger partial charge in [0.2, 0.25) is 5.91 Å². The van der Waals surface area contributed by atoms with Gasteiger partial charge in [-0.3, -0.25) is 4.79 Å². The van der Waals surface area contributed by atoms with Gasteiger partial charge in [-0.1, -0.05) is 0 Å². The monoisotopic (exact) mass is 549 g/mol. The van der Waals surface area contributed by atoms with E-state index in [2.05, 4.69) is 30.9 Å². The highest BCUT2D eigenvalue weighted by Gasteiger charge is 2.44. The number of nitrogens with zero attached hydrogens (tertiary/aromatic N) is 4. The van der Waals surface area contributed by atoms with Crippen LogP contribution >= 0.6 is 0 Å². The van der Waals surface area contributed by atoms with Crippen molar-refractivity contribution in [3.8, 4) is 0 Å². The van der Waals surface area contributed by atoms with Crippen molar-refractivity contribution in [3.63, 3.8) is 0 Å². The van der Waals surface area contributed by atoms with Gasteiger partial charge < -0.3 is 40.2 Å². The van der Waals surface area contributed by atoms with Gasteiger partial charge in [0, 0.05) is 13.5 Å². The number of imidazole rings is 1. The van der Waals surface area contributed by atoms with E-state index in [9.17, 15) is 24.6 Å². The number of hydrogen-bond donors (Lipinski definition) is 5. The molecule has 3 rings (SSSR count). The van der Waals surface area contributed by atoms with Crippen LogP contribution in [-0.4, -0.2) is 90.2 Å². The summed E-state index contributed by atoms with van der Waals surface area (Å²) in [5.41, 5.74) is -0.592. The minimum Gasteiger partial charge on any atom is -0.458 e. The topological polar surface area (TPSA) is 190 Å². The Morgan fingerprint density at radius 3 is 2.33 bits per heavy atom. The molecular weight excluding hydrogens is 510 g/mol. The van der Waals surface area contributed by atoms with E-state index in [1.54, 1.807) is 53.2 Å². The second-order valence-electron chi connectivity index (χ2n) is 11.5. The zero-order valence-electron chi connectivity index (χ0n) is 23.4. The molecule has 0 spiro atoms. The molecule has 2 heterocycles. The summed E-state index contributed by atoms with van der Waals surface area (Å²) in [5, 5.41) is 29.6. The van der Waals surface area contributed by atoms with Gasteiger partial charge in [0.1, 0.15) is 41.3 Å². The smallest absolute Gasteiger partial charge is 0.408 e. The van der Waals surface area contributed by atoms with Crippen molar-refractivity contribution in [2.24, 2.45) is 0 Å². The van der Waals surface area contributed by atoms with Crippen LogP contribution in [0.5, 0.6) is 0 Å². The van der Waals surface area contributed by atoms with Crippen LogP contribution in [0.2, 0.25) is 0 Å². The molecule has 0 radical (unpaired) electrons. The highest BCUT2D eigenvalue weighted by molar-refractivity contribution is 5.84. The van der Waals surface area contributed by atoms with E-state index in [0.717, 1.165) is 0 Å².